The molecule has 0 spiro atoms. The maximum atomic E-state index is 8.67. The second kappa shape index (κ2) is 3.32. The van der Waals surface area contributed by atoms with Crippen molar-refractivity contribution in [2.75, 3.05) is 13.7 Å². The molecule has 0 saturated carbocycles. The molecule has 0 aliphatic carbocycles. The molecular weight excluding hydrogens is 106 g/mol. The van der Waals surface area contributed by atoms with Gasteiger partial charge in [-0.2, -0.15) is 0 Å². The number of hydrogen-bond acceptors (Lipinski definition) is 3. The molecule has 0 fully saturated rings. The molecule has 48 valence electrons. The van der Waals surface area contributed by atoms with Crippen LogP contribution in [0.5, 0.6) is 0 Å². The van der Waals surface area contributed by atoms with Gasteiger partial charge in [0.05, 0.1) is 12.3 Å². The molecule has 0 unspecified atom stereocenters. The Morgan fingerprint density at radius 2 is 2.12 bits per heavy atom. The van der Waals surface area contributed by atoms with Gasteiger partial charge in [0.15, 0.2) is 0 Å². The molecule has 0 aromatic carbocycles. The second-order valence-electron chi connectivity index (χ2n) is 1.47. The molecule has 0 atom stereocenters. The summed E-state index contributed by atoms with van der Waals surface area (Å²) in [4.78, 5) is 0. The zero-order valence-corrected chi connectivity index (χ0v) is 5.10. The highest BCUT2D eigenvalue weighted by molar-refractivity contribution is 5.01. The first kappa shape index (κ1) is 7.30. The number of aliphatic hydroxyl groups excluding tert-OH is 2. The fraction of sp³-hybridized carbons (Fsp3) is 0.600. The third-order valence-electron chi connectivity index (χ3n) is 0.897. The molecule has 0 heterocycles. The van der Waals surface area contributed by atoms with Crippen molar-refractivity contribution in [2.45, 2.75) is 6.92 Å². The molecule has 3 N–H and O–H groups in total. The van der Waals surface area contributed by atoms with Crippen LogP contribution in [-0.4, -0.2) is 23.9 Å². The number of likely N-dealkylation sites (N-methyl/N-ethyl adjacent to an activating group) is 1. The van der Waals surface area contributed by atoms with Gasteiger partial charge in [0.2, 0.25) is 0 Å². The summed E-state index contributed by atoms with van der Waals surface area (Å²) in [5.41, 5.74) is 0.463. The van der Waals surface area contributed by atoms with Gasteiger partial charge in [0.1, 0.15) is 5.76 Å². The Labute approximate surface area is 48.6 Å². The minimum atomic E-state index is -0.140. The Kier molecular flexibility index (Phi) is 3.03. The van der Waals surface area contributed by atoms with Crippen LogP contribution in [0.1, 0.15) is 6.92 Å². The van der Waals surface area contributed by atoms with Crippen LogP contribution in [0, 0.1) is 0 Å². The largest absolute Gasteiger partial charge is 0.511 e. The Balaban J connectivity index is 3.86. The number of allylic oxidation sites excluding steroid dienone is 1. The van der Waals surface area contributed by atoms with E-state index in [4.69, 9.17) is 10.2 Å². The molecule has 0 aromatic rings. The van der Waals surface area contributed by atoms with Crippen molar-refractivity contribution < 1.29 is 10.2 Å². The van der Waals surface area contributed by atoms with Crippen molar-refractivity contribution in [3.05, 3.63) is 11.5 Å². The zero-order chi connectivity index (χ0) is 6.57. The Morgan fingerprint density at radius 1 is 1.62 bits per heavy atom. The maximum Gasteiger partial charge on any atom is 0.110 e. The summed E-state index contributed by atoms with van der Waals surface area (Å²) < 4.78 is 0. The van der Waals surface area contributed by atoms with Crippen molar-refractivity contribution >= 4 is 0 Å². The molecular formula is C5H11NO2. The van der Waals surface area contributed by atoms with Gasteiger partial charge >= 0.3 is 0 Å². The summed E-state index contributed by atoms with van der Waals surface area (Å²) in [6.07, 6.45) is 0. The molecule has 8 heavy (non-hydrogen) atoms. The van der Waals surface area contributed by atoms with E-state index in [9.17, 15) is 0 Å². The summed E-state index contributed by atoms with van der Waals surface area (Å²) in [6.45, 7) is 1.38. The van der Waals surface area contributed by atoms with Gasteiger partial charge in [0.25, 0.3) is 0 Å². The van der Waals surface area contributed by atoms with Crippen molar-refractivity contribution in [1.82, 2.24) is 5.32 Å². The first-order valence-corrected chi connectivity index (χ1v) is 2.39. The SMILES string of the molecule is CNC(CO)=C(C)O. The predicted molar refractivity (Wildman–Crippen MR) is 31.5 cm³/mol. The highest BCUT2D eigenvalue weighted by Gasteiger charge is 1.92. The van der Waals surface area contributed by atoms with E-state index < -0.39 is 0 Å². The smallest absolute Gasteiger partial charge is 0.110 e. The third kappa shape index (κ3) is 1.84. The maximum absolute atomic E-state index is 8.67. The summed E-state index contributed by atoms with van der Waals surface area (Å²) in [6, 6.07) is 0. The van der Waals surface area contributed by atoms with Crippen LogP contribution < -0.4 is 5.32 Å². The molecule has 0 aliphatic heterocycles. The van der Waals surface area contributed by atoms with Crippen molar-refractivity contribution in [3.8, 4) is 0 Å². The number of rotatable bonds is 2. The number of aliphatic hydroxyl groups is 2. The molecule has 0 aliphatic rings. The van der Waals surface area contributed by atoms with E-state index in [1.165, 1.54) is 6.92 Å². The summed E-state index contributed by atoms with van der Waals surface area (Å²) in [5.74, 6) is 0.134. The minimum absolute atomic E-state index is 0.134. The predicted octanol–water partition coefficient (Wildman–Crippen LogP) is -0.0124. The van der Waals surface area contributed by atoms with Gasteiger partial charge in [-0.05, 0) is 6.92 Å². The topological polar surface area (TPSA) is 52.5 Å². The van der Waals surface area contributed by atoms with Gasteiger partial charge in [-0.1, -0.05) is 0 Å². The van der Waals surface area contributed by atoms with E-state index in [0.29, 0.717) is 5.70 Å². The molecule has 0 amide bonds. The average molecular weight is 117 g/mol. The van der Waals surface area contributed by atoms with E-state index >= 15 is 0 Å². The van der Waals surface area contributed by atoms with Crippen molar-refractivity contribution in [3.63, 3.8) is 0 Å². The van der Waals surface area contributed by atoms with Crippen LogP contribution in [0.3, 0.4) is 0 Å². The van der Waals surface area contributed by atoms with Crippen molar-refractivity contribution in [1.29, 1.82) is 0 Å². The lowest BCUT2D eigenvalue weighted by molar-refractivity contribution is 0.305. The van der Waals surface area contributed by atoms with Crippen LogP contribution in [-0.2, 0) is 0 Å². The molecule has 3 nitrogen and oxygen atoms in total. The van der Waals surface area contributed by atoms with Gasteiger partial charge in [-0.3, -0.25) is 0 Å². The van der Waals surface area contributed by atoms with Gasteiger partial charge in [-0.25, -0.2) is 0 Å². The van der Waals surface area contributed by atoms with E-state index in [1.54, 1.807) is 7.05 Å². The molecule has 0 radical (unpaired) electrons. The fourth-order valence-corrected chi connectivity index (χ4v) is 0.374. The first-order chi connectivity index (χ1) is 3.72. The fourth-order valence-electron chi connectivity index (χ4n) is 0.374. The van der Waals surface area contributed by atoms with Crippen LogP contribution in [0.25, 0.3) is 0 Å². The Hall–Kier alpha value is -0.700. The lowest BCUT2D eigenvalue weighted by Crippen LogP contribution is -2.11. The van der Waals surface area contributed by atoms with Crippen LogP contribution in [0.2, 0.25) is 0 Å². The van der Waals surface area contributed by atoms with E-state index in [2.05, 4.69) is 5.32 Å². The van der Waals surface area contributed by atoms with Gasteiger partial charge in [0, 0.05) is 7.05 Å². The van der Waals surface area contributed by atoms with Gasteiger partial charge < -0.3 is 15.5 Å². The lowest BCUT2D eigenvalue weighted by Gasteiger charge is -2.01. The molecule has 0 saturated heterocycles. The lowest BCUT2D eigenvalue weighted by atomic mass is 10.4. The average Bonchev–Trinajstić information content (AvgIpc) is 1.69. The molecule has 0 rings (SSSR count). The third-order valence-corrected chi connectivity index (χ3v) is 0.897. The van der Waals surface area contributed by atoms with E-state index in [0.717, 1.165) is 0 Å². The standard InChI is InChI=1S/C5H11NO2/c1-4(8)5(3-7)6-2/h6-8H,3H2,1-2H3. The van der Waals surface area contributed by atoms with Crippen LogP contribution in [0.15, 0.2) is 11.5 Å². The second-order valence-corrected chi connectivity index (χ2v) is 1.47. The van der Waals surface area contributed by atoms with E-state index in [-0.39, 0.29) is 12.4 Å². The van der Waals surface area contributed by atoms with Crippen LogP contribution >= 0.6 is 0 Å². The van der Waals surface area contributed by atoms with Crippen LogP contribution in [0.4, 0.5) is 0 Å². The number of nitrogens with one attached hydrogen (secondary N) is 1. The Bertz CT molecular complexity index is 88.6. The van der Waals surface area contributed by atoms with Gasteiger partial charge in [-0.15, -0.1) is 0 Å². The molecule has 0 aromatic heterocycles. The summed E-state index contributed by atoms with van der Waals surface area (Å²) >= 11 is 0. The zero-order valence-electron chi connectivity index (χ0n) is 5.10. The quantitative estimate of drug-likeness (QED) is 0.446. The minimum Gasteiger partial charge on any atom is -0.511 e. The Morgan fingerprint density at radius 3 is 2.12 bits per heavy atom. The normalized spacial score (nSPS) is 12.9. The monoisotopic (exact) mass is 117 g/mol. The van der Waals surface area contributed by atoms with E-state index in [1.807, 2.05) is 0 Å². The molecule has 0 bridgehead atoms. The number of hydrogen-bond donors (Lipinski definition) is 3. The highest BCUT2D eigenvalue weighted by atomic mass is 16.3. The first-order valence-electron chi connectivity index (χ1n) is 2.39. The summed E-state index contributed by atoms with van der Waals surface area (Å²) in [5, 5.41) is 19.7. The molecule has 3 heteroatoms. The highest BCUT2D eigenvalue weighted by Crippen LogP contribution is 1.91. The summed E-state index contributed by atoms with van der Waals surface area (Å²) in [7, 11) is 1.64. The van der Waals surface area contributed by atoms with Crippen molar-refractivity contribution in [2.24, 2.45) is 0 Å².